The minimum Gasteiger partial charge on any atom is -0.465 e. The smallest absolute Gasteiger partial charge is 0.308 e. The van der Waals surface area contributed by atoms with Crippen LogP contribution in [0.2, 0.25) is 0 Å². The third-order valence-corrected chi connectivity index (χ3v) is 16.3. The summed E-state index contributed by atoms with van der Waals surface area (Å²) in [6.45, 7) is 14.5. The minimum atomic E-state index is -1.51. The monoisotopic (exact) mass is 1230 g/mol. The highest BCUT2D eigenvalue weighted by atomic mass is 16.5. The highest BCUT2D eigenvalue weighted by molar-refractivity contribution is 5.82. The number of rotatable bonds is 63. The number of hydrogen-bond donors (Lipinski definition) is 7. The van der Waals surface area contributed by atoms with Gasteiger partial charge in [-0.25, -0.2) is 0 Å². The molecule has 506 valence electrons. The lowest BCUT2D eigenvalue weighted by Crippen LogP contribution is -2.49. The maximum Gasteiger partial charge on any atom is 0.308 e. The van der Waals surface area contributed by atoms with E-state index in [0.717, 1.165) is 193 Å². The van der Waals surface area contributed by atoms with E-state index >= 15 is 0 Å². The number of carbonyl (C=O) groups is 6. The highest BCUT2D eigenvalue weighted by Crippen LogP contribution is 2.23. The van der Waals surface area contributed by atoms with E-state index in [1.165, 1.54) is 0 Å². The molecule has 0 aliphatic heterocycles. The summed E-state index contributed by atoms with van der Waals surface area (Å²) in [5.41, 5.74) is 0. The molecular formula is C68H131N5O13. The van der Waals surface area contributed by atoms with Crippen LogP contribution in [0, 0.1) is 17.8 Å². The number of nitrogens with one attached hydrogen (secondary N) is 3. The Hall–Kier alpha value is -3.42. The van der Waals surface area contributed by atoms with E-state index in [0.29, 0.717) is 51.5 Å². The Morgan fingerprint density at radius 3 is 0.837 bits per heavy atom. The van der Waals surface area contributed by atoms with Crippen molar-refractivity contribution >= 4 is 35.6 Å². The van der Waals surface area contributed by atoms with Crippen molar-refractivity contribution in [2.75, 3.05) is 85.3 Å². The van der Waals surface area contributed by atoms with Gasteiger partial charge in [0.25, 0.3) is 0 Å². The lowest BCUT2D eigenvalue weighted by molar-refractivity contribution is -0.150. The number of amides is 3. The topological polar surface area (TPSA) is 254 Å². The van der Waals surface area contributed by atoms with Gasteiger partial charge in [0.05, 0.1) is 44.2 Å². The van der Waals surface area contributed by atoms with Crippen molar-refractivity contribution in [1.82, 2.24) is 25.8 Å². The zero-order chi connectivity index (χ0) is 63.7. The van der Waals surface area contributed by atoms with Gasteiger partial charge in [-0.1, -0.05) is 196 Å². The van der Waals surface area contributed by atoms with Gasteiger partial charge in [0.1, 0.15) is 18.3 Å². The number of hydrogen-bond acceptors (Lipinski definition) is 15. The normalized spacial score (nSPS) is 12.7. The van der Waals surface area contributed by atoms with Crippen LogP contribution in [0.3, 0.4) is 0 Å². The molecule has 3 unspecified atom stereocenters. The molecule has 7 N–H and O–H groups in total. The fourth-order valence-corrected chi connectivity index (χ4v) is 10.8. The number of aliphatic hydroxyl groups excluding tert-OH is 4. The molecule has 0 aromatic rings. The Balaban J connectivity index is 5.53. The van der Waals surface area contributed by atoms with Crippen LogP contribution < -0.4 is 16.0 Å². The number of nitrogens with zero attached hydrogens (tertiary/aromatic N) is 2. The molecule has 0 radical (unpaired) electrons. The van der Waals surface area contributed by atoms with Crippen LogP contribution >= 0.6 is 0 Å². The predicted molar refractivity (Wildman–Crippen MR) is 345 cm³/mol. The first-order valence-electron chi connectivity index (χ1n) is 35.2. The average molecular weight is 1230 g/mol. The second-order valence-electron chi connectivity index (χ2n) is 24.4. The zero-order valence-electron chi connectivity index (χ0n) is 55.7. The molecule has 0 aromatic carbocycles. The van der Waals surface area contributed by atoms with Crippen molar-refractivity contribution in [2.24, 2.45) is 17.8 Å². The van der Waals surface area contributed by atoms with Crippen LogP contribution in [0.25, 0.3) is 0 Å². The van der Waals surface area contributed by atoms with Crippen molar-refractivity contribution in [3.05, 3.63) is 0 Å². The first kappa shape index (κ1) is 82.6. The van der Waals surface area contributed by atoms with Crippen molar-refractivity contribution in [3.8, 4) is 0 Å². The molecule has 0 aliphatic rings. The Morgan fingerprint density at radius 2 is 0.581 bits per heavy atom. The molecule has 86 heavy (non-hydrogen) atoms. The predicted octanol–water partition coefficient (Wildman–Crippen LogP) is 11.0. The Kier molecular flexibility index (Phi) is 56.9. The Labute approximate surface area is 523 Å². The summed E-state index contributed by atoms with van der Waals surface area (Å²) in [5.74, 6) is -2.55. The van der Waals surface area contributed by atoms with E-state index in [2.05, 4.69) is 57.5 Å². The number of esters is 3. The van der Waals surface area contributed by atoms with Gasteiger partial charge in [-0.05, 0) is 96.6 Å². The molecule has 0 spiro atoms. The van der Waals surface area contributed by atoms with Crippen LogP contribution in [0.15, 0.2) is 0 Å². The lowest BCUT2D eigenvalue weighted by Gasteiger charge is -2.29. The Morgan fingerprint density at radius 1 is 0.326 bits per heavy atom. The SMILES string of the molecule is CCCCCCC(CCCCCC)C(=O)OCCCCNC(=O)C(O)CN(CCO)CCCN(CC(O)C(=O)NCCCCOC(=O)C(CCCCCC)CCCCCC)CC(O)C(=O)NCCCCOC(=O)C(CCCCCC)CCCCCC. The van der Waals surface area contributed by atoms with Crippen molar-refractivity contribution in [1.29, 1.82) is 0 Å². The summed E-state index contributed by atoms with van der Waals surface area (Å²) in [4.78, 5) is 81.9. The van der Waals surface area contributed by atoms with Gasteiger partial charge >= 0.3 is 17.9 Å². The van der Waals surface area contributed by atoms with E-state index < -0.39 is 36.0 Å². The second kappa shape index (κ2) is 59.2. The summed E-state index contributed by atoms with van der Waals surface area (Å²) in [5, 5.41) is 51.4. The quantitative estimate of drug-likeness (QED) is 0.0170. The van der Waals surface area contributed by atoms with Gasteiger partial charge in [-0.2, -0.15) is 0 Å². The molecule has 18 nitrogen and oxygen atoms in total. The van der Waals surface area contributed by atoms with Gasteiger partial charge in [0.15, 0.2) is 0 Å². The molecule has 0 heterocycles. The van der Waals surface area contributed by atoms with Gasteiger partial charge in [0, 0.05) is 45.8 Å². The lowest BCUT2D eigenvalue weighted by atomic mass is 9.94. The molecule has 3 atom stereocenters. The van der Waals surface area contributed by atoms with E-state index in [1.807, 2.05) is 0 Å². The zero-order valence-corrected chi connectivity index (χ0v) is 55.7. The van der Waals surface area contributed by atoms with Crippen LogP contribution in [-0.4, -0.2) is 169 Å². The number of carbonyl (C=O) groups excluding carboxylic acids is 6. The van der Waals surface area contributed by atoms with Gasteiger partial charge in [0.2, 0.25) is 17.7 Å². The minimum absolute atomic E-state index is 0.0757. The summed E-state index contributed by atoms with van der Waals surface area (Å²) in [7, 11) is 0. The van der Waals surface area contributed by atoms with Gasteiger partial charge < -0.3 is 50.6 Å². The number of aliphatic hydroxyl groups is 4. The maximum atomic E-state index is 13.2. The summed E-state index contributed by atoms with van der Waals surface area (Å²) in [6, 6.07) is 0. The molecule has 3 amide bonds. The number of unbranched alkanes of at least 4 members (excludes halogenated alkanes) is 21. The molecule has 0 aliphatic carbocycles. The molecule has 0 fully saturated rings. The largest absolute Gasteiger partial charge is 0.465 e. The fraction of sp³-hybridized carbons (Fsp3) is 0.912. The standard InChI is InChI=1S/C68H131N5O13/c1-7-13-19-25-38-57(39-26-20-14-8-2)66(81)84-51-34-31-44-69-63(78)60(75)54-72(49-50-74)47-37-48-73(55-61(76)64(79)70-45-32-35-52-85-67(82)58(40-27-21-15-9-3)41-28-22-16-10-4)56-62(77)65(80)71-46-33-36-53-86-68(83)59(42-29-23-17-11-5)43-30-24-18-12-6/h57-62,74-77H,7-56H2,1-6H3,(H,69,78)(H,70,79)(H,71,80). The summed E-state index contributed by atoms with van der Waals surface area (Å²) < 4.78 is 17.1. The van der Waals surface area contributed by atoms with Crippen LogP contribution in [-0.2, 0) is 43.0 Å². The molecule has 0 saturated heterocycles. The van der Waals surface area contributed by atoms with Crippen LogP contribution in [0.4, 0.5) is 0 Å². The van der Waals surface area contributed by atoms with Gasteiger partial charge in [-0.3, -0.25) is 38.6 Å². The van der Waals surface area contributed by atoms with Crippen LogP contribution in [0.5, 0.6) is 0 Å². The molecule has 0 bridgehead atoms. The Bertz CT molecular complexity index is 1540. The first-order valence-corrected chi connectivity index (χ1v) is 35.2. The molecule has 0 rings (SSSR count). The fourth-order valence-electron chi connectivity index (χ4n) is 10.8. The van der Waals surface area contributed by atoms with Crippen LogP contribution in [0.1, 0.15) is 279 Å². The van der Waals surface area contributed by atoms with Gasteiger partial charge in [-0.15, -0.1) is 0 Å². The molecule has 0 saturated carbocycles. The third-order valence-electron chi connectivity index (χ3n) is 16.3. The van der Waals surface area contributed by atoms with E-state index in [4.69, 9.17) is 14.2 Å². The third kappa shape index (κ3) is 46.7. The molecule has 18 heteroatoms. The van der Waals surface area contributed by atoms with E-state index in [1.54, 1.807) is 9.80 Å². The highest BCUT2D eigenvalue weighted by Gasteiger charge is 2.26. The van der Waals surface area contributed by atoms with E-state index in [9.17, 15) is 49.2 Å². The van der Waals surface area contributed by atoms with E-state index in [-0.39, 0.29) is 114 Å². The first-order chi connectivity index (χ1) is 41.7. The van der Waals surface area contributed by atoms with Crippen molar-refractivity contribution in [2.45, 2.75) is 297 Å². The second-order valence-corrected chi connectivity index (χ2v) is 24.4. The summed E-state index contributed by atoms with van der Waals surface area (Å²) >= 11 is 0. The van der Waals surface area contributed by atoms with Crippen molar-refractivity contribution in [3.63, 3.8) is 0 Å². The number of ether oxygens (including phenoxy) is 3. The average Bonchev–Trinajstić information content (AvgIpc) is 3.64. The molecular weight excluding hydrogens is 1090 g/mol. The maximum absolute atomic E-state index is 13.2. The van der Waals surface area contributed by atoms with Crippen molar-refractivity contribution < 1.29 is 63.4 Å². The summed E-state index contributed by atoms with van der Waals surface area (Å²) in [6.07, 6.45) is 30.7. The molecule has 0 aromatic heterocycles.